The monoisotopic (exact) mass is 414 g/mol. The largest absolute Gasteiger partial charge is 0.481 e. The molecule has 2 aromatic carbocycles. The lowest BCUT2D eigenvalue weighted by atomic mass is 9.83. The van der Waals surface area contributed by atoms with Crippen LogP contribution in [0.1, 0.15) is 39.0 Å². The number of carbonyl (C=O) groups is 2. The number of nitrogens with zero attached hydrogens (tertiary/aromatic N) is 1. The first-order valence-electron chi connectivity index (χ1n) is 9.67. The van der Waals surface area contributed by atoms with Gasteiger partial charge >= 0.3 is 5.97 Å². The topological polar surface area (TPSA) is 88.4 Å². The van der Waals surface area contributed by atoms with Crippen molar-refractivity contribution >= 4 is 34.2 Å². The van der Waals surface area contributed by atoms with Crippen molar-refractivity contribution in [1.82, 2.24) is 5.32 Å². The van der Waals surface area contributed by atoms with Gasteiger partial charge in [-0.25, -0.2) is 4.79 Å². The van der Waals surface area contributed by atoms with Crippen molar-refractivity contribution in [3.63, 3.8) is 0 Å². The van der Waals surface area contributed by atoms with Crippen LogP contribution in [0.2, 0.25) is 5.02 Å². The summed E-state index contributed by atoms with van der Waals surface area (Å²) >= 11 is 6.18. The van der Waals surface area contributed by atoms with Gasteiger partial charge in [-0.3, -0.25) is 4.79 Å². The number of halogens is 1. The van der Waals surface area contributed by atoms with E-state index in [4.69, 9.17) is 21.1 Å². The zero-order valence-corrected chi connectivity index (χ0v) is 17.0. The number of rotatable bonds is 6. The normalized spacial score (nSPS) is 16.4. The van der Waals surface area contributed by atoms with Crippen LogP contribution in [0.25, 0.3) is 10.8 Å². The highest BCUT2D eigenvalue weighted by Gasteiger charge is 2.35. The summed E-state index contributed by atoms with van der Waals surface area (Å²) in [5.41, 5.74) is -0.866. The maximum absolute atomic E-state index is 12.4. The lowest BCUT2D eigenvalue weighted by molar-refractivity contribution is -0.157. The third-order valence-corrected chi connectivity index (χ3v) is 5.47. The van der Waals surface area contributed by atoms with Gasteiger partial charge in [0.25, 0.3) is 5.91 Å². The summed E-state index contributed by atoms with van der Waals surface area (Å²) in [6.07, 6.45) is 3.06. The molecule has 0 aromatic heterocycles. The second-order valence-electron chi connectivity index (χ2n) is 7.26. The molecule has 3 rings (SSSR count). The molecule has 1 atom stereocenters. The van der Waals surface area contributed by atoms with E-state index in [0.29, 0.717) is 23.6 Å². The number of nitrogens with one attached hydrogen (secondary N) is 1. The summed E-state index contributed by atoms with van der Waals surface area (Å²) in [7, 11) is 0. The van der Waals surface area contributed by atoms with Crippen LogP contribution in [0.3, 0.4) is 0 Å². The zero-order valence-electron chi connectivity index (χ0n) is 16.2. The standard InChI is InChI=1S/C22H23ClN2O4/c1-15(21(27)25-22(14-24)11-5-2-6-12-22)29-20(26)13-28-19-10-9-18(23)16-7-3-4-8-17(16)19/h3-4,7-10,15H,2,5-6,11-13H2,1H3,(H,25,27)/t15-/m1/s1. The molecule has 2 aromatic rings. The minimum atomic E-state index is -1.01. The molecule has 6 nitrogen and oxygen atoms in total. The van der Waals surface area contributed by atoms with Gasteiger partial charge in [-0.05, 0) is 31.9 Å². The third-order valence-electron chi connectivity index (χ3n) is 5.14. The minimum Gasteiger partial charge on any atom is -0.481 e. The zero-order chi connectivity index (χ0) is 20.9. The molecule has 0 spiro atoms. The molecule has 0 saturated heterocycles. The predicted molar refractivity (Wildman–Crippen MR) is 110 cm³/mol. The maximum atomic E-state index is 12.4. The summed E-state index contributed by atoms with van der Waals surface area (Å²) in [4.78, 5) is 24.6. The first-order chi connectivity index (χ1) is 13.9. The third kappa shape index (κ3) is 4.99. The van der Waals surface area contributed by atoms with E-state index in [9.17, 15) is 14.9 Å². The number of fused-ring (bicyclic) bond motifs is 1. The van der Waals surface area contributed by atoms with Crippen LogP contribution in [0.5, 0.6) is 5.75 Å². The molecule has 0 unspecified atom stereocenters. The van der Waals surface area contributed by atoms with Gasteiger partial charge in [0.15, 0.2) is 12.7 Å². The number of hydrogen-bond donors (Lipinski definition) is 1. The molecule has 1 aliphatic rings. The van der Waals surface area contributed by atoms with E-state index in [1.807, 2.05) is 24.3 Å². The molecule has 1 aliphatic carbocycles. The lowest BCUT2D eigenvalue weighted by Gasteiger charge is -2.32. The molecule has 152 valence electrons. The maximum Gasteiger partial charge on any atom is 0.344 e. The lowest BCUT2D eigenvalue weighted by Crippen LogP contribution is -2.52. The van der Waals surface area contributed by atoms with Gasteiger partial charge in [-0.2, -0.15) is 5.26 Å². The minimum absolute atomic E-state index is 0.341. The number of carbonyl (C=O) groups excluding carboxylic acids is 2. The van der Waals surface area contributed by atoms with Gasteiger partial charge in [-0.15, -0.1) is 0 Å². The molecule has 0 heterocycles. The highest BCUT2D eigenvalue weighted by Crippen LogP contribution is 2.31. The summed E-state index contributed by atoms with van der Waals surface area (Å²) in [5, 5.41) is 14.4. The number of amides is 1. The van der Waals surface area contributed by atoms with Crippen molar-refractivity contribution < 1.29 is 19.1 Å². The Balaban J connectivity index is 1.56. The van der Waals surface area contributed by atoms with Crippen molar-refractivity contribution in [3.8, 4) is 11.8 Å². The van der Waals surface area contributed by atoms with Crippen molar-refractivity contribution in [3.05, 3.63) is 41.4 Å². The second-order valence-corrected chi connectivity index (χ2v) is 7.66. The Morgan fingerprint density at radius 1 is 1.17 bits per heavy atom. The van der Waals surface area contributed by atoms with Crippen molar-refractivity contribution in [1.29, 1.82) is 5.26 Å². The quantitative estimate of drug-likeness (QED) is 0.717. The highest BCUT2D eigenvalue weighted by atomic mass is 35.5. The number of esters is 1. The Kier molecular flexibility index (Phi) is 6.60. The first kappa shape index (κ1) is 20.9. The highest BCUT2D eigenvalue weighted by molar-refractivity contribution is 6.35. The molecule has 29 heavy (non-hydrogen) atoms. The van der Waals surface area contributed by atoms with Crippen molar-refractivity contribution in [2.24, 2.45) is 0 Å². The van der Waals surface area contributed by atoms with Gasteiger partial charge in [0.05, 0.1) is 6.07 Å². The van der Waals surface area contributed by atoms with Gasteiger partial charge < -0.3 is 14.8 Å². The molecule has 1 N–H and O–H groups in total. The van der Waals surface area contributed by atoms with Gasteiger partial charge in [-0.1, -0.05) is 55.1 Å². The summed E-state index contributed by atoms with van der Waals surface area (Å²) in [6.45, 7) is 1.14. The Morgan fingerprint density at radius 3 is 2.55 bits per heavy atom. The number of hydrogen-bond acceptors (Lipinski definition) is 5. The average molecular weight is 415 g/mol. The van der Waals surface area contributed by atoms with E-state index in [1.54, 1.807) is 12.1 Å². The first-order valence-corrected chi connectivity index (χ1v) is 10.0. The van der Waals surface area contributed by atoms with Crippen molar-refractivity contribution in [2.45, 2.75) is 50.7 Å². The van der Waals surface area contributed by atoms with Crippen LogP contribution in [0, 0.1) is 11.3 Å². The molecule has 7 heteroatoms. The van der Waals surface area contributed by atoms with E-state index in [0.717, 1.165) is 30.0 Å². The molecule has 1 amide bonds. The molecule has 0 radical (unpaired) electrons. The van der Waals surface area contributed by atoms with Crippen LogP contribution in [0.4, 0.5) is 0 Å². The predicted octanol–water partition coefficient (Wildman–Crippen LogP) is 4.15. The van der Waals surface area contributed by atoms with E-state index < -0.39 is 23.5 Å². The SMILES string of the molecule is C[C@@H](OC(=O)COc1ccc(Cl)c2ccccc12)C(=O)NC1(C#N)CCCCC1. The van der Waals surface area contributed by atoms with Crippen LogP contribution in [0.15, 0.2) is 36.4 Å². The van der Waals surface area contributed by atoms with Crippen LogP contribution < -0.4 is 10.1 Å². The summed E-state index contributed by atoms with van der Waals surface area (Å²) in [5.74, 6) is -0.634. The van der Waals surface area contributed by atoms with Crippen LogP contribution in [-0.4, -0.2) is 30.1 Å². The van der Waals surface area contributed by atoms with E-state index in [1.165, 1.54) is 6.92 Å². The Bertz CT molecular complexity index is 947. The smallest absolute Gasteiger partial charge is 0.344 e. The fraction of sp³-hybridized carbons (Fsp3) is 0.409. The molecule has 1 fully saturated rings. The Hall–Kier alpha value is -2.78. The second kappa shape index (κ2) is 9.15. The fourth-order valence-electron chi connectivity index (χ4n) is 3.54. The molecule has 0 bridgehead atoms. The summed E-state index contributed by atoms with van der Waals surface area (Å²) < 4.78 is 10.8. The molecule has 0 aliphatic heterocycles. The van der Waals surface area contributed by atoms with E-state index in [2.05, 4.69) is 11.4 Å². The van der Waals surface area contributed by atoms with Gasteiger partial charge in [0, 0.05) is 15.8 Å². The summed E-state index contributed by atoms with van der Waals surface area (Å²) in [6, 6.07) is 13.0. The van der Waals surface area contributed by atoms with Gasteiger partial charge in [0.1, 0.15) is 11.3 Å². The Labute approximate surface area is 174 Å². The number of ether oxygens (including phenoxy) is 2. The van der Waals surface area contributed by atoms with E-state index in [-0.39, 0.29) is 6.61 Å². The molecular weight excluding hydrogens is 392 g/mol. The van der Waals surface area contributed by atoms with Crippen molar-refractivity contribution in [2.75, 3.05) is 6.61 Å². The fourth-order valence-corrected chi connectivity index (χ4v) is 3.77. The van der Waals surface area contributed by atoms with Gasteiger partial charge in [0.2, 0.25) is 0 Å². The molecular formula is C22H23ClN2O4. The average Bonchev–Trinajstić information content (AvgIpc) is 2.74. The molecule has 1 saturated carbocycles. The number of benzene rings is 2. The van der Waals surface area contributed by atoms with Crippen LogP contribution in [-0.2, 0) is 14.3 Å². The Morgan fingerprint density at radius 2 is 1.86 bits per heavy atom. The van der Waals surface area contributed by atoms with E-state index >= 15 is 0 Å². The number of nitriles is 1. The van der Waals surface area contributed by atoms with Crippen LogP contribution >= 0.6 is 11.6 Å².